The third kappa shape index (κ3) is 2.52. The summed E-state index contributed by atoms with van der Waals surface area (Å²) in [7, 11) is 0. The summed E-state index contributed by atoms with van der Waals surface area (Å²) >= 11 is 0.975. The Bertz CT molecular complexity index is 697. The minimum Gasteiger partial charge on any atom is -0.453 e. The van der Waals surface area contributed by atoms with Crippen LogP contribution in [-0.2, 0) is 11.3 Å². The van der Waals surface area contributed by atoms with Crippen molar-refractivity contribution in [3.8, 4) is 5.69 Å². The van der Waals surface area contributed by atoms with E-state index in [1.165, 1.54) is 10.9 Å². The van der Waals surface area contributed by atoms with Crippen LogP contribution in [0, 0.1) is 0 Å². The molecule has 2 aromatic heterocycles. The Morgan fingerprint density at radius 3 is 2.90 bits per heavy atom. The first-order valence-electron chi connectivity index (χ1n) is 5.62. The van der Waals surface area contributed by atoms with Crippen molar-refractivity contribution in [2.75, 3.05) is 0 Å². The van der Waals surface area contributed by atoms with Crippen molar-refractivity contribution in [2.24, 2.45) is 0 Å². The van der Waals surface area contributed by atoms with E-state index in [1.54, 1.807) is 0 Å². The molecule has 100 valence electrons. The summed E-state index contributed by atoms with van der Waals surface area (Å²) < 4.78 is 10.2. The Balaban J connectivity index is 1.73. The zero-order valence-electron chi connectivity index (χ0n) is 10.1. The van der Waals surface area contributed by atoms with E-state index in [0.717, 1.165) is 17.2 Å². The van der Waals surface area contributed by atoms with Gasteiger partial charge >= 0.3 is 5.97 Å². The van der Waals surface area contributed by atoms with Crippen molar-refractivity contribution in [2.45, 2.75) is 6.61 Å². The molecule has 0 N–H and O–H groups in total. The maximum absolute atomic E-state index is 11.7. The van der Waals surface area contributed by atoms with Gasteiger partial charge in [0.05, 0.1) is 11.9 Å². The Kier molecular flexibility index (Phi) is 3.42. The number of hydrogen-bond acceptors (Lipinski definition) is 8. The molecule has 0 aliphatic rings. The van der Waals surface area contributed by atoms with Gasteiger partial charge in [-0.2, -0.15) is 4.68 Å². The maximum atomic E-state index is 11.7. The summed E-state index contributed by atoms with van der Waals surface area (Å²) in [5.41, 5.74) is 0.794. The van der Waals surface area contributed by atoms with Crippen molar-refractivity contribution in [3.05, 3.63) is 47.2 Å². The highest BCUT2D eigenvalue weighted by atomic mass is 32.1. The highest BCUT2D eigenvalue weighted by molar-refractivity contribution is 7.07. The highest BCUT2D eigenvalue weighted by Gasteiger charge is 2.14. The number of para-hydroxylation sites is 1. The third-order valence-corrected chi connectivity index (χ3v) is 3.07. The minimum atomic E-state index is -0.498. The van der Waals surface area contributed by atoms with Gasteiger partial charge in [-0.3, -0.25) is 0 Å². The quantitative estimate of drug-likeness (QED) is 0.657. The van der Waals surface area contributed by atoms with Crippen molar-refractivity contribution in [1.29, 1.82) is 0 Å². The Morgan fingerprint density at radius 2 is 2.15 bits per heavy atom. The van der Waals surface area contributed by atoms with Crippen molar-refractivity contribution < 1.29 is 9.53 Å². The summed E-state index contributed by atoms with van der Waals surface area (Å²) in [6, 6.07) is 9.35. The van der Waals surface area contributed by atoms with Crippen LogP contribution in [0.25, 0.3) is 5.69 Å². The van der Waals surface area contributed by atoms with Crippen LogP contribution in [0.5, 0.6) is 0 Å². The monoisotopic (exact) mass is 288 g/mol. The average Bonchev–Trinajstić information content (AvgIpc) is 3.17. The van der Waals surface area contributed by atoms with Crippen LogP contribution >= 0.6 is 11.5 Å². The molecule has 0 aliphatic carbocycles. The van der Waals surface area contributed by atoms with Crippen LogP contribution < -0.4 is 0 Å². The number of esters is 1. The number of rotatable bonds is 4. The third-order valence-electron chi connectivity index (χ3n) is 2.43. The molecule has 0 amide bonds. The van der Waals surface area contributed by atoms with Gasteiger partial charge in [0.2, 0.25) is 0 Å². The summed E-state index contributed by atoms with van der Waals surface area (Å²) in [5.74, 6) is -0.0652. The van der Waals surface area contributed by atoms with E-state index in [4.69, 9.17) is 4.74 Å². The lowest BCUT2D eigenvalue weighted by Gasteiger charge is -2.04. The predicted molar refractivity (Wildman–Crippen MR) is 68.2 cm³/mol. The molecule has 20 heavy (non-hydrogen) atoms. The lowest BCUT2D eigenvalue weighted by atomic mass is 10.3. The number of carbonyl (C=O) groups is 1. The van der Waals surface area contributed by atoms with Gasteiger partial charge in [-0.25, -0.2) is 4.79 Å². The van der Waals surface area contributed by atoms with E-state index in [2.05, 4.69) is 25.1 Å². The molecule has 0 spiro atoms. The maximum Gasteiger partial charge on any atom is 0.352 e. The fourth-order valence-corrected chi connectivity index (χ4v) is 1.93. The SMILES string of the molecule is O=C(OCc1nnnn1-c1ccccc1)c1cnns1. The smallest absolute Gasteiger partial charge is 0.352 e. The number of hydrogen-bond donors (Lipinski definition) is 0. The summed E-state index contributed by atoms with van der Waals surface area (Å²) in [4.78, 5) is 12.0. The van der Waals surface area contributed by atoms with Crippen molar-refractivity contribution >= 4 is 17.5 Å². The summed E-state index contributed by atoms with van der Waals surface area (Å²) in [6.45, 7) is -0.0291. The lowest BCUT2D eigenvalue weighted by Crippen LogP contribution is -2.09. The Labute approximate surface area is 117 Å². The second-order valence-electron chi connectivity index (χ2n) is 3.70. The second kappa shape index (κ2) is 5.53. The molecule has 0 aliphatic heterocycles. The van der Waals surface area contributed by atoms with E-state index in [-0.39, 0.29) is 6.61 Å². The predicted octanol–water partition coefficient (Wildman–Crippen LogP) is 0.871. The Morgan fingerprint density at radius 1 is 1.30 bits per heavy atom. The first-order valence-corrected chi connectivity index (χ1v) is 6.39. The number of tetrazole rings is 1. The van der Waals surface area contributed by atoms with Crippen molar-refractivity contribution in [1.82, 2.24) is 29.8 Å². The molecule has 2 heterocycles. The van der Waals surface area contributed by atoms with Gasteiger partial charge in [-0.05, 0) is 34.1 Å². The van der Waals surface area contributed by atoms with Crippen molar-refractivity contribution in [3.63, 3.8) is 0 Å². The molecule has 0 radical (unpaired) electrons. The van der Waals surface area contributed by atoms with E-state index in [9.17, 15) is 4.79 Å². The average molecular weight is 288 g/mol. The van der Waals surface area contributed by atoms with E-state index < -0.39 is 5.97 Å². The molecule has 3 rings (SSSR count). The number of carbonyl (C=O) groups excluding carboxylic acids is 1. The van der Waals surface area contributed by atoms with E-state index >= 15 is 0 Å². The molecule has 0 saturated heterocycles. The molecular weight excluding hydrogens is 280 g/mol. The molecule has 9 heteroatoms. The topological polar surface area (TPSA) is 95.7 Å². The molecule has 3 aromatic rings. The number of ether oxygens (including phenoxy) is 1. The molecule has 0 unspecified atom stereocenters. The van der Waals surface area contributed by atoms with Crippen LogP contribution in [0.4, 0.5) is 0 Å². The van der Waals surface area contributed by atoms with E-state index in [0.29, 0.717) is 10.7 Å². The van der Waals surface area contributed by atoms with E-state index in [1.807, 2.05) is 30.3 Å². The van der Waals surface area contributed by atoms with Gasteiger partial charge in [0.15, 0.2) is 17.3 Å². The van der Waals surface area contributed by atoms with Crippen LogP contribution in [-0.4, -0.2) is 35.8 Å². The molecular formula is C11H8N6O2S. The lowest BCUT2D eigenvalue weighted by molar-refractivity contribution is 0.0465. The fourth-order valence-electron chi connectivity index (χ4n) is 1.52. The van der Waals surface area contributed by atoms with Crippen LogP contribution in [0.2, 0.25) is 0 Å². The zero-order valence-corrected chi connectivity index (χ0v) is 10.9. The normalized spacial score (nSPS) is 10.4. The summed E-state index contributed by atoms with van der Waals surface area (Å²) in [5, 5.41) is 14.9. The second-order valence-corrected chi connectivity index (χ2v) is 4.49. The fraction of sp³-hybridized carbons (Fsp3) is 0.0909. The molecule has 0 atom stereocenters. The van der Waals surface area contributed by atoms with Gasteiger partial charge in [-0.15, -0.1) is 10.2 Å². The Hall–Kier alpha value is -2.68. The first-order chi connectivity index (χ1) is 9.84. The number of nitrogens with zero attached hydrogens (tertiary/aromatic N) is 6. The van der Waals surface area contributed by atoms with Gasteiger partial charge in [0, 0.05) is 0 Å². The van der Waals surface area contributed by atoms with Crippen LogP contribution in [0.15, 0.2) is 36.5 Å². The molecule has 1 aromatic carbocycles. The van der Waals surface area contributed by atoms with Crippen LogP contribution in [0.3, 0.4) is 0 Å². The molecule has 0 bridgehead atoms. The molecule has 0 saturated carbocycles. The summed E-state index contributed by atoms with van der Waals surface area (Å²) in [6.07, 6.45) is 1.35. The van der Waals surface area contributed by atoms with Gasteiger partial charge in [-0.1, -0.05) is 22.7 Å². The van der Waals surface area contributed by atoms with Crippen LogP contribution in [0.1, 0.15) is 15.5 Å². The minimum absolute atomic E-state index is 0.0291. The zero-order chi connectivity index (χ0) is 13.8. The molecule has 8 nitrogen and oxygen atoms in total. The number of aromatic nitrogens is 6. The first kappa shape index (κ1) is 12.4. The largest absolute Gasteiger partial charge is 0.453 e. The highest BCUT2D eigenvalue weighted by Crippen LogP contribution is 2.10. The standard InChI is InChI=1S/C11H8N6O2S/c18-11(9-6-12-16-20-9)19-7-10-13-14-15-17(10)8-4-2-1-3-5-8/h1-6H,7H2. The van der Waals surface area contributed by atoms with Gasteiger partial charge < -0.3 is 4.74 Å². The van der Waals surface area contributed by atoms with Gasteiger partial charge in [0.1, 0.15) is 0 Å². The number of benzene rings is 1. The molecule has 0 fully saturated rings. The van der Waals surface area contributed by atoms with Gasteiger partial charge in [0.25, 0.3) is 0 Å².